The monoisotopic (exact) mass is 471 g/mol. The molecule has 0 unspecified atom stereocenters. The lowest BCUT2D eigenvalue weighted by molar-refractivity contribution is -0.113. The molecule has 1 saturated heterocycles. The number of carbonyl (C=O) groups is 2. The summed E-state index contributed by atoms with van der Waals surface area (Å²) in [7, 11) is 0. The van der Waals surface area contributed by atoms with E-state index in [1.807, 2.05) is 0 Å². The quantitative estimate of drug-likeness (QED) is 0.592. The van der Waals surface area contributed by atoms with Crippen LogP contribution in [-0.2, 0) is 9.53 Å². The summed E-state index contributed by atoms with van der Waals surface area (Å²) >= 11 is 13.2. The van der Waals surface area contributed by atoms with Gasteiger partial charge in [0.1, 0.15) is 0 Å². The van der Waals surface area contributed by atoms with E-state index in [2.05, 4.69) is 25.0 Å². The molecule has 2 aromatic rings. The molecule has 2 fully saturated rings. The lowest BCUT2D eigenvalue weighted by Crippen LogP contribution is -2.38. The predicted octanol–water partition coefficient (Wildman–Crippen LogP) is 3.19. The number of amides is 1. The number of thioether (sulfide) groups is 1. The maximum absolute atomic E-state index is 12.5. The van der Waals surface area contributed by atoms with Crippen LogP contribution in [0.25, 0.3) is 0 Å². The Morgan fingerprint density at radius 3 is 2.63 bits per heavy atom. The van der Waals surface area contributed by atoms with E-state index >= 15 is 0 Å². The number of benzene rings is 1. The number of carboxylic acid groups (broad SMARTS) is 1. The molecule has 2 N–H and O–H groups in total. The minimum absolute atomic E-state index is 0.0248. The molecule has 0 atom stereocenters. The third kappa shape index (κ3) is 4.66. The van der Waals surface area contributed by atoms with Crippen LogP contribution in [0.3, 0.4) is 0 Å². The van der Waals surface area contributed by atoms with Gasteiger partial charge in [0.15, 0.2) is 5.16 Å². The molecule has 12 heteroatoms. The van der Waals surface area contributed by atoms with Gasteiger partial charge in [-0.25, -0.2) is 4.79 Å². The van der Waals surface area contributed by atoms with E-state index in [0.29, 0.717) is 24.4 Å². The third-order valence-corrected chi connectivity index (χ3v) is 6.19. The Hall–Kier alpha value is -2.01. The van der Waals surface area contributed by atoms with Crippen LogP contribution in [0.2, 0.25) is 10.0 Å². The number of carbonyl (C=O) groups excluding carboxylic acids is 1. The number of aromatic nitrogens is 3. The summed E-state index contributed by atoms with van der Waals surface area (Å²) in [6.07, 6.45) is 2.11. The summed E-state index contributed by atoms with van der Waals surface area (Å²) in [6, 6.07) is 2.97. The molecule has 0 radical (unpaired) electrons. The van der Waals surface area contributed by atoms with Crippen LogP contribution in [0.15, 0.2) is 17.3 Å². The van der Waals surface area contributed by atoms with Crippen molar-refractivity contribution in [2.24, 2.45) is 0 Å². The van der Waals surface area contributed by atoms with Gasteiger partial charge in [-0.15, -0.1) is 10.2 Å². The molecule has 0 spiro atoms. The van der Waals surface area contributed by atoms with Crippen LogP contribution < -0.4 is 10.2 Å². The number of hydrogen-bond acceptors (Lipinski definition) is 7. The molecule has 4 rings (SSSR count). The summed E-state index contributed by atoms with van der Waals surface area (Å²) < 4.78 is 7.49. The molecule has 2 heterocycles. The van der Waals surface area contributed by atoms with Crippen molar-refractivity contribution in [2.45, 2.75) is 24.0 Å². The van der Waals surface area contributed by atoms with Crippen molar-refractivity contribution < 1.29 is 19.4 Å². The maximum atomic E-state index is 12.5. The summed E-state index contributed by atoms with van der Waals surface area (Å²) in [5.74, 6) is -0.792. The highest BCUT2D eigenvalue weighted by molar-refractivity contribution is 7.99. The van der Waals surface area contributed by atoms with Crippen molar-refractivity contribution in [2.75, 3.05) is 42.3 Å². The second kappa shape index (κ2) is 9.01. The van der Waals surface area contributed by atoms with Crippen LogP contribution >= 0.6 is 35.0 Å². The van der Waals surface area contributed by atoms with E-state index in [0.717, 1.165) is 31.9 Å². The average molecular weight is 472 g/mol. The standard InChI is InChI=1S/C18H19Cl2N5O4S/c19-10-7-12(16(27)28)15(13(20)8-10)21-14(26)9-30-18-23-22-17(25(18)11-1-2-11)24-3-5-29-6-4-24/h7-8,11H,1-6,9H2,(H,21,26)(H,27,28). The molecular formula is C18H19Cl2N5O4S. The Morgan fingerprint density at radius 1 is 1.23 bits per heavy atom. The fourth-order valence-corrected chi connectivity index (χ4v) is 4.52. The number of anilines is 2. The number of morpholine rings is 1. The summed E-state index contributed by atoms with van der Waals surface area (Å²) in [5, 5.41) is 21.5. The lowest BCUT2D eigenvalue weighted by Gasteiger charge is -2.27. The van der Waals surface area contributed by atoms with Gasteiger partial charge in [-0.05, 0) is 25.0 Å². The third-order valence-electron chi connectivity index (χ3n) is 4.73. The fraction of sp³-hybridized carbons (Fsp3) is 0.444. The molecule has 1 amide bonds. The van der Waals surface area contributed by atoms with Crippen molar-refractivity contribution in [3.63, 3.8) is 0 Å². The number of carboxylic acids is 1. The number of hydrogen-bond donors (Lipinski definition) is 2. The second-order valence-corrected chi connectivity index (χ2v) is 8.72. The number of nitrogens with zero attached hydrogens (tertiary/aromatic N) is 4. The number of halogens is 2. The van der Waals surface area contributed by atoms with Crippen molar-refractivity contribution in [3.05, 3.63) is 27.7 Å². The minimum atomic E-state index is -1.23. The number of aromatic carboxylic acids is 1. The molecule has 9 nitrogen and oxygen atoms in total. The van der Waals surface area contributed by atoms with E-state index in [1.54, 1.807) is 0 Å². The predicted molar refractivity (Wildman–Crippen MR) is 114 cm³/mol. The molecular weight excluding hydrogens is 453 g/mol. The first-order chi connectivity index (χ1) is 14.4. The van der Waals surface area contributed by atoms with Crippen molar-refractivity contribution in [3.8, 4) is 0 Å². The SMILES string of the molecule is O=C(CSc1nnc(N2CCOCC2)n1C1CC1)Nc1c(Cl)cc(Cl)cc1C(=O)O. The first-order valence-electron chi connectivity index (χ1n) is 9.36. The lowest BCUT2D eigenvalue weighted by atomic mass is 10.1. The second-order valence-electron chi connectivity index (χ2n) is 6.94. The van der Waals surface area contributed by atoms with Gasteiger partial charge >= 0.3 is 5.97 Å². The Kier molecular flexibility index (Phi) is 6.37. The molecule has 30 heavy (non-hydrogen) atoms. The average Bonchev–Trinajstić information content (AvgIpc) is 3.47. The van der Waals surface area contributed by atoms with E-state index in [9.17, 15) is 14.7 Å². The summed E-state index contributed by atoms with van der Waals surface area (Å²) in [5.41, 5.74) is -0.140. The zero-order chi connectivity index (χ0) is 21.3. The van der Waals surface area contributed by atoms with Gasteiger partial charge in [0.05, 0.1) is 35.2 Å². The van der Waals surface area contributed by atoms with Crippen LogP contribution in [0.4, 0.5) is 11.6 Å². The topological polar surface area (TPSA) is 110 Å². The molecule has 2 aliphatic rings. The zero-order valence-electron chi connectivity index (χ0n) is 15.8. The Morgan fingerprint density at radius 2 is 1.97 bits per heavy atom. The Bertz CT molecular complexity index is 976. The van der Waals surface area contributed by atoms with Crippen LogP contribution in [0.5, 0.6) is 0 Å². The van der Waals surface area contributed by atoms with Gasteiger partial charge in [0, 0.05) is 24.2 Å². The number of rotatable bonds is 7. The molecule has 160 valence electrons. The Balaban J connectivity index is 1.46. The van der Waals surface area contributed by atoms with Crippen molar-refractivity contribution in [1.29, 1.82) is 0 Å². The van der Waals surface area contributed by atoms with Crippen molar-refractivity contribution in [1.82, 2.24) is 14.8 Å². The van der Waals surface area contributed by atoms with Gasteiger partial charge in [-0.2, -0.15) is 0 Å². The molecule has 1 saturated carbocycles. The van der Waals surface area contributed by atoms with Gasteiger partial charge in [0.2, 0.25) is 11.9 Å². The molecule has 0 bridgehead atoms. The largest absolute Gasteiger partial charge is 0.478 e. The van der Waals surface area contributed by atoms with Crippen LogP contribution in [0.1, 0.15) is 29.2 Å². The Labute approximate surface area is 186 Å². The highest BCUT2D eigenvalue weighted by Gasteiger charge is 2.32. The summed E-state index contributed by atoms with van der Waals surface area (Å²) in [4.78, 5) is 26.1. The van der Waals surface area contributed by atoms with Crippen LogP contribution in [0, 0.1) is 0 Å². The van der Waals surface area contributed by atoms with Gasteiger partial charge in [-0.3, -0.25) is 9.36 Å². The smallest absolute Gasteiger partial charge is 0.337 e. The molecule has 1 aliphatic carbocycles. The highest BCUT2D eigenvalue weighted by atomic mass is 35.5. The van der Waals surface area contributed by atoms with E-state index in [4.69, 9.17) is 27.9 Å². The van der Waals surface area contributed by atoms with E-state index in [-0.39, 0.29) is 27.0 Å². The molecule has 1 aromatic carbocycles. The first kappa shape index (κ1) is 21.2. The summed E-state index contributed by atoms with van der Waals surface area (Å²) in [6.45, 7) is 2.80. The van der Waals surface area contributed by atoms with Gasteiger partial charge in [-0.1, -0.05) is 35.0 Å². The fourth-order valence-electron chi connectivity index (χ4n) is 3.17. The van der Waals surface area contributed by atoms with E-state index < -0.39 is 11.9 Å². The first-order valence-corrected chi connectivity index (χ1v) is 11.1. The highest BCUT2D eigenvalue weighted by Crippen LogP contribution is 2.41. The van der Waals surface area contributed by atoms with Gasteiger partial charge < -0.3 is 20.1 Å². The maximum Gasteiger partial charge on any atom is 0.337 e. The van der Waals surface area contributed by atoms with Crippen LogP contribution in [-0.4, -0.2) is 63.8 Å². The van der Waals surface area contributed by atoms with Crippen molar-refractivity contribution >= 4 is 58.5 Å². The minimum Gasteiger partial charge on any atom is -0.478 e. The number of nitrogens with one attached hydrogen (secondary N) is 1. The number of ether oxygens (including phenoxy) is 1. The molecule has 1 aliphatic heterocycles. The molecule has 1 aromatic heterocycles. The van der Waals surface area contributed by atoms with Gasteiger partial charge in [0.25, 0.3) is 0 Å². The van der Waals surface area contributed by atoms with E-state index in [1.165, 1.54) is 23.9 Å². The normalized spacial score (nSPS) is 16.5. The zero-order valence-corrected chi connectivity index (χ0v) is 18.1.